The molecule has 1 saturated carbocycles. The van der Waals surface area contributed by atoms with Crippen molar-refractivity contribution in [2.24, 2.45) is 5.92 Å². The minimum absolute atomic E-state index is 0.273. The van der Waals surface area contributed by atoms with Gasteiger partial charge in [-0.2, -0.15) is 0 Å². The highest BCUT2D eigenvalue weighted by Gasteiger charge is 2.43. The molecule has 0 spiro atoms. The second-order valence-electron chi connectivity index (χ2n) is 5.77. The van der Waals surface area contributed by atoms with Crippen molar-refractivity contribution in [2.45, 2.75) is 44.6 Å². The molecule has 0 aromatic carbocycles. The molecular formula is C14H24N2O4. The lowest BCUT2D eigenvalue weighted by Crippen LogP contribution is -2.60. The van der Waals surface area contributed by atoms with Crippen LogP contribution in [0.4, 0.5) is 4.79 Å². The molecule has 20 heavy (non-hydrogen) atoms. The van der Waals surface area contributed by atoms with Gasteiger partial charge in [0.25, 0.3) is 0 Å². The van der Waals surface area contributed by atoms with Crippen LogP contribution in [0.3, 0.4) is 0 Å². The van der Waals surface area contributed by atoms with Gasteiger partial charge >= 0.3 is 12.0 Å². The molecule has 0 atom stereocenters. The summed E-state index contributed by atoms with van der Waals surface area (Å²) in [4.78, 5) is 25.5. The SMILES string of the molecule is CCC1CCC(NC(=O)N2CCOCC2)(C(=O)O)CC1. The fourth-order valence-electron chi connectivity index (χ4n) is 3.02. The smallest absolute Gasteiger partial charge is 0.329 e. The van der Waals surface area contributed by atoms with E-state index in [1.54, 1.807) is 4.90 Å². The number of aliphatic carboxylic acids is 1. The van der Waals surface area contributed by atoms with Crippen LogP contribution in [-0.2, 0) is 9.53 Å². The van der Waals surface area contributed by atoms with Crippen molar-refractivity contribution >= 4 is 12.0 Å². The molecule has 2 fully saturated rings. The van der Waals surface area contributed by atoms with E-state index in [9.17, 15) is 14.7 Å². The Bertz CT molecular complexity index is 358. The maximum atomic E-state index is 12.2. The number of morpholine rings is 1. The number of nitrogens with zero attached hydrogens (tertiary/aromatic N) is 1. The van der Waals surface area contributed by atoms with E-state index < -0.39 is 11.5 Å². The largest absolute Gasteiger partial charge is 0.480 e. The van der Waals surface area contributed by atoms with Crippen molar-refractivity contribution in [3.05, 3.63) is 0 Å². The van der Waals surface area contributed by atoms with Crippen molar-refractivity contribution in [2.75, 3.05) is 26.3 Å². The number of carboxylic acids is 1. The summed E-state index contributed by atoms with van der Waals surface area (Å²) < 4.78 is 5.20. The van der Waals surface area contributed by atoms with Gasteiger partial charge in [-0.25, -0.2) is 9.59 Å². The van der Waals surface area contributed by atoms with Crippen LogP contribution < -0.4 is 5.32 Å². The van der Waals surface area contributed by atoms with Crippen molar-refractivity contribution < 1.29 is 19.4 Å². The summed E-state index contributed by atoms with van der Waals surface area (Å²) in [5, 5.41) is 12.3. The van der Waals surface area contributed by atoms with Gasteiger partial charge < -0.3 is 20.1 Å². The summed E-state index contributed by atoms with van der Waals surface area (Å²) in [6.07, 6.45) is 3.86. The third-order valence-electron chi connectivity index (χ3n) is 4.59. The van der Waals surface area contributed by atoms with Crippen molar-refractivity contribution in [3.8, 4) is 0 Å². The van der Waals surface area contributed by atoms with E-state index in [4.69, 9.17) is 4.74 Å². The first kappa shape index (κ1) is 15.1. The predicted molar refractivity (Wildman–Crippen MR) is 73.5 cm³/mol. The molecule has 0 unspecified atom stereocenters. The number of hydrogen-bond acceptors (Lipinski definition) is 3. The molecule has 2 rings (SSSR count). The van der Waals surface area contributed by atoms with Crippen LogP contribution in [-0.4, -0.2) is 53.8 Å². The highest BCUT2D eigenvalue weighted by Crippen LogP contribution is 2.34. The highest BCUT2D eigenvalue weighted by atomic mass is 16.5. The van der Waals surface area contributed by atoms with Gasteiger partial charge in [-0.3, -0.25) is 0 Å². The molecule has 2 amide bonds. The quantitative estimate of drug-likeness (QED) is 0.822. The summed E-state index contributed by atoms with van der Waals surface area (Å²) in [5.74, 6) is -0.323. The second kappa shape index (κ2) is 6.43. The molecule has 1 aliphatic carbocycles. The van der Waals surface area contributed by atoms with E-state index >= 15 is 0 Å². The lowest BCUT2D eigenvalue weighted by molar-refractivity contribution is -0.146. The second-order valence-corrected chi connectivity index (χ2v) is 5.77. The maximum absolute atomic E-state index is 12.2. The molecule has 0 aromatic heterocycles. The standard InChI is InChI=1S/C14H24N2O4/c1-2-11-3-5-14(6-4-11,12(17)18)15-13(19)16-7-9-20-10-8-16/h11H,2-10H2,1H3,(H,15,19)(H,17,18). The molecule has 1 aliphatic heterocycles. The molecule has 6 nitrogen and oxygen atoms in total. The first-order valence-corrected chi connectivity index (χ1v) is 7.45. The summed E-state index contributed by atoms with van der Waals surface area (Å²) >= 11 is 0. The Labute approximate surface area is 119 Å². The van der Waals surface area contributed by atoms with Gasteiger partial charge in [-0.15, -0.1) is 0 Å². The molecule has 6 heteroatoms. The molecule has 0 aromatic rings. The molecule has 1 heterocycles. The van der Waals surface area contributed by atoms with Crippen LogP contribution in [0.1, 0.15) is 39.0 Å². The van der Waals surface area contributed by atoms with Crippen LogP contribution in [0.5, 0.6) is 0 Å². The topological polar surface area (TPSA) is 78.9 Å². The fraction of sp³-hybridized carbons (Fsp3) is 0.857. The molecule has 0 bridgehead atoms. The minimum atomic E-state index is -1.08. The number of carbonyl (C=O) groups excluding carboxylic acids is 1. The highest BCUT2D eigenvalue weighted by molar-refractivity contribution is 5.86. The average Bonchev–Trinajstić information content (AvgIpc) is 2.48. The molecule has 114 valence electrons. The number of ether oxygens (including phenoxy) is 1. The number of hydrogen-bond donors (Lipinski definition) is 2. The first-order chi connectivity index (χ1) is 9.57. The fourth-order valence-corrected chi connectivity index (χ4v) is 3.02. The molecule has 0 radical (unpaired) electrons. The summed E-state index contributed by atoms with van der Waals surface area (Å²) in [5.41, 5.74) is -1.08. The zero-order chi connectivity index (χ0) is 14.6. The maximum Gasteiger partial charge on any atom is 0.329 e. The van der Waals surface area contributed by atoms with Gasteiger partial charge in [0.05, 0.1) is 13.2 Å². The Morgan fingerprint density at radius 2 is 1.90 bits per heavy atom. The lowest BCUT2D eigenvalue weighted by Gasteiger charge is -2.39. The zero-order valence-corrected chi connectivity index (χ0v) is 12.1. The van der Waals surface area contributed by atoms with E-state index in [0.717, 1.165) is 19.3 Å². The normalized spacial score (nSPS) is 30.9. The third kappa shape index (κ3) is 3.23. The zero-order valence-electron chi connectivity index (χ0n) is 12.1. The van der Waals surface area contributed by atoms with Crippen molar-refractivity contribution in [1.82, 2.24) is 10.2 Å². The third-order valence-corrected chi connectivity index (χ3v) is 4.59. The van der Waals surface area contributed by atoms with Crippen LogP contribution in [0, 0.1) is 5.92 Å². The van der Waals surface area contributed by atoms with Gasteiger partial charge in [0.15, 0.2) is 0 Å². The van der Waals surface area contributed by atoms with E-state index in [-0.39, 0.29) is 6.03 Å². The van der Waals surface area contributed by atoms with Crippen LogP contribution in [0.2, 0.25) is 0 Å². The van der Waals surface area contributed by atoms with Gasteiger partial charge in [0, 0.05) is 13.1 Å². The molecule has 2 N–H and O–H groups in total. The van der Waals surface area contributed by atoms with Crippen molar-refractivity contribution in [1.29, 1.82) is 0 Å². The van der Waals surface area contributed by atoms with Crippen LogP contribution in [0.15, 0.2) is 0 Å². The van der Waals surface area contributed by atoms with Crippen LogP contribution >= 0.6 is 0 Å². The molecule has 2 aliphatic rings. The van der Waals surface area contributed by atoms with E-state index in [1.807, 2.05) is 0 Å². The number of rotatable bonds is 3. The Morgan fingerprint density at radius 1 is 1.30 bits per heavy atom. The van der Waals surface area contributed by atoms with Gasteiger partial charge in [0.1, 0.15) is 5.54 Å². The Kier molecular flexibility index (Phi) is 4.86. The Morgan fingerprint density at radius 3 is 2.40 bits per heavy atom. The Hall–Kier alpha value is -1.30. The summed E-state index contributed by atoms with van der Waals surface area (Å²) in [6.45, 7) is 4.22. The van der Waals surface area contributed by atoms with Crippen molar-refractivity contribution in [3.63, 3.8) is 0 Å². The Balaban J connectivity index is 1.98. The number of carboxylic acid groups (broad SMARTS) is 1. The number of nitrogens with one attached hydrogen (secondary N) is 1. The minimum Gasteiger partial charge on any atom is -0.480 e. The van der Waals surface area contributed by atoms with Gasteiger partial charge in [-0.05, 0) is 31.6 Å². The summed E-state index contributed by atoms with van der Waals surface area (Å²) in [7, 11) is 0. The monoisotopic (exact) mass is 284 g/mol. The predicted octanol–water partition coefficient (Wildman–Crippen LogP) is 1.45. The lowest BCUT2D eigenvalue weighted by atomic mass is 9.75. The number of carbonyl (C=O) groups is 2. The number of urea groups is 1. The van der Waals surface area contributed by atoms with Crippen LogP contribution in [0.25, 0.3) is 0 Å². The summed E-state index contributed by atoms with van der Waals surface area (Å²) in [6, 6.07) is -0.273. The molecule has 1 saturated heterocycles. The molecular weight excluding hydrogens is 260 g/mol. The first-order valence-electron chi connectivity index (χ1n) is 7.45. The van der Waals surface area contributed by atoms with Gasteiger partial charge in [-0.1, -0.05) is 13.3 Å². The van der Waals surface area contributed by atoms with E-state index in [1.165, 1.54) is 0 Å². The number of amides is 2. The van der Waals surface area contributed by atoms with E-state index in [2.05, 4.69) is 12.2 Å². The average molecular weight is 284 g/mol. The van der Waals surface area contributed by atoms with Gasteiger partial charge in [0.2, 0.25) is 0 Å². The van der Waals surface area contributed by atoms with E-state index in [0.29, 0.717) is 45.1 Å².